The van der Waals surface area contributed by atoms with Crippen LogP contribution in [0.5, 0.6) is 0 Å². The maximum atomic E-state index is 12.3. The van der Waals surface area contributed by atoms with Crippen molar-refractivity contribution in [1.29, 1.82) is 0 Å². The molecule has 3 rings (SSSR count). The minimum Gasteiger partial charge on any atom is -0.372 e. The molecule has 0 unspecified atom stereocenters. The van der Waals surface area contributed by atoms with Crippen molar-refractivity contribution in [2.75, 3.05) is 29.9 Å². The number of sulfonamides is 1. The number of amides is 1. The predicted octanol–water partition coefficient (Wildman–Crippen LogP) is 2.82. The molecular weight excluding hydrogens is 362 g/mol. The van der Waals surface area contributed by atoms with Gasteiger partial charge in [-0.25, -0.2) is 13.1 Å². The summed E-state index contributed by atoms with van der Waals surface area (Å²) in [7, 11) is -3.72. The first-order valence-corrected chi connectivity index (χ1v) is 10.6. The molecule has 1 aliphatic heterocycles. The summed E-state index contributed by atoms with van der Waals surface area (Å²) in [4.78, 5) is 14.6. The van der Waals surface area contributed by atoms with E-state index in [4.69, 9.17) is 0 Å². The zero-order valence-corrected chi connectivity index (χ0v) is 16.5. The van der Waals surface area contributed by atoms with Crippen LogP contribution in [0.15, 0.2) is 47.4 Å². The standard InChI is InChI=1S/C20H25N3O3S/c1-15-5-10-19(13-16(15)2)27(25,26)21-14-20(24)22-17-6-8-18(9-7-17)23-11-3-4-12-23/h5-10,13,21H,3-4,11-12,14H2,1-2H3,(H,22,24). The first kappa shape index (κ1) is 19.4. The minimum atomic E-state index is -3.72. The zero-order chi connectivity index (χ0) is 19.4. The van der Waals surface area contributed by atoms with Gasteiger partial charge in [0.15, 0.2) is 0 Å². The van der Waals surface area contributed by atoms with Crippen LogP contribution in [0, 0.1) is 13.8 Å². The van der Waals surface area contributed by atoms with Crippen molar-refractivity contribution in [2.24, 2.45) is 0 Å². The highest BCUT2D eigenvalue weighted by Crippen LogP contribution is 2.22. The van der Waals surface area contributed by atoms with Crippen molar-refractivity contribution in [3.63, 3.8) is 0 Å². The van der Waals surface area contributed by atoms with Crippen LogP contribution in [0.4, 0.5) is 11.4 Å². The molecule has 1 amide bonds. The van der Waals surface area contributed by atoms with Crippen LogP contribution in [-0.4, -0.2) is 34.0 Å². The molecule has 2 aromatic carbocycles. The Balaban J connectivity index is 1.56. The molecule has 6 nitrogen and oxygen atoms in total. The van der Waals surface area contributed by atoms with Crippen molar-refractivity contribution in [1.82, 2.24) is 4.72 Å². The number of anilines is 2. The zero-order valence-electron chi connectivity index (χ0n) is 15.7. The third-order valence-electron chi connectivity index (χ3n) is 4.83. The molecule has 0 aromatic heterocycles. The number of nitrogens with one attached hydrogen (secondary N) is 2. The van der Waals surface area contributed by atoms with Gasteiger partial charge in [0.2, 0.25) is 15.9 Å². The number of hydrogen-bond donors (Lipinski definition) is 2. The molecule has 1 aliphatic rings. The van der Waals surface area contributed by atoms with E-state index in [1.165, 1.54) is 12.8 Å². The van der Waals surface area contributed by atoms with Gasteiger partial charge in [0, 0.05) is 24.5 Å². The second-order valence-corrected chi connectivity index (χ2v) is 8.63. The number of benzene rings is 2. The molecule has 1 fully saturated rings. The Hall–Kier alpha value is -2.38. The lowest BCUT2D eigenvalue weighted by molar-refractivity contribution is -0.115. The summed E-state index contributed by atoms with van der Waals surface area (Å²) in [5.41, 5.74) is 3.69. The summed E-state index contributed by atoms with van der Waals surface area (Å²) < 4.78 is 27.0. The highest BCUT2D eigenvalue weighted by atomic mass is 32.2. The van der Waals surface area contributed by atoms with Crippen molar-refractivity contribution < 1.29 is 13.2 Å². The van der Waals surface area contributed by atoms with Gasteiger partial charge in [0.1, 0.15) is 0 Å². The summed E-state index contributed by atoms with van der Waals surface area (Å²) in [6.07, 6.45) is 2.41. The van der Waals surface area contributed by atoms with Gasteiger partial charge in [-0.05, 0) is 74.2 Å². The third-order valence-corrected chi connectivity index (χ3v) is 6.23. The highest BCUT2D eigenvalue weighted by molar-refractivity contribution is 7.89. The van der Waals surface area contributed by atoms with Gasteiger partial charge in [-0.2, -0.15) is 0 Å². The highest BCUT2D eigenvalue weighted by Gasteiger charge is 2.16. The Bertz CT molecular complexity index is 918. The van der Waals surface area contributed by atoms with E-state index in [1.807, 2.05) is 38.1 Å². The summed E-state index contributed by atoms with van der Waals surface area (Å²) in [5.74, 6) is -0.406. The van der Waals surface area contributed by atoms with Crippen LogP contribution in [0.2, 0.25) is 0 Å². The molecule has 0 radical (unpaired) electrons. The third kappa shape index (κ3) is 4.87. The number of carbonyl (C=O) groups excluding carboxylic acids is 1. The van der Waals surface area contributed by atoms with Gasteiger partial charge in [0.25, 0.3) is 0 Å². The summed E-state index contributed by atoms with van der Waals surface area (Å²) in [6.45, 7) is 5.58. The minimum absolute atomic E-state index is 0.161. The van der Waals surface area contributed by atoms with Crippen LogP contribution in [-0.2, 0) is 14.8 Å². The quantitative estimate of drug-likeness (QED) is 0.799. The first-order valence-electron chi connectivity index (χ1n) is 9.07. The van der Waals surface area contributed by atoms with Crippen LogP contribution in [0.3, 0.4) is 0 Å². The Morgan fingerprint density at radius 1 is 1.00 bits per heavy atom. The molecule has 27 heavy (non-hydrogen) atoms. The SMILES string of the molecule is Cc1ccc(S(=O)(=O)NCC(=O)Nc2ccc(N3CCCC3)cc2)cc1C. The van der Waals surface area contributed by atoms with Gasteiger partial charge in [-0.3, -0.25) is 4.79 Å². The lowest BCUT2D eigenvalue weighted by Crippen LogP contribution is -2.33. The Labute approximate surface area is 160 Å². The molecule has 0 saturated carbocycles. The molecule has 1 heterocycles. The summed E-state index contributed by atoms with van der Waals surface area (Å²) in [5, 5.41) is 2.72. The van der Waals surface area contributed by atoms with E-state index in [-0.39, 0.29) is 11.4 Å². The first-order chi connectivity index (χ1) is 12.8. The number of rotatable bonds is 6. The molecule has 2 N–H and O–H groups in total. The summed E-state index contributed by atoms with van der Waals surface area (Å²) in [6, 6.07) is 12.5. The van der Waals surface area contributed by atoms with E-state index < -0.39 is 15.9 Å². The van der Waals surface area contributed by atoms with E-state index >= 15 is 0 Å². The second-order valence-electron chi connectivity index (χ2n) is 6.86. The largest absolute Gasteiger partial charge is 0.372 e. The van der Waals surface area contributed by atoms with Crippen molar-refractivity contribution in [3.8, 4) is 0 Å². The average Bonchev–Trinajstić information content (AvgIpc) is 3.18. The average molecular weight is 388 g/mol. The van der Waals surface area contributed by atoms with E-state index in [0.717, 1.165) is 29.9 Å². The van der Waals surface area contributed by atoms with Crippen LogP contribution < -0.4 is 14.9 Å². The molecule has 0 spiro atoms. The second kappa shape index (κ2) is 8.10. The van der Waals surface area contributed by atoms with E-state index in [0.29, 0.717) is 5.69 Å². The lowest BCUT2D eigenvalue weighted by Gasteiger charge is -2.17. The number of hydrogen-bond acceptors (Lipinski definition) is 4. The fraction of sp³-hybridized carbons (Fsp3) is 0.350. The molecule has 1 saturated heterocycles. The van der Waals surface area contributed by atoms with Crippen LogP contribution in [0.25, 0.3) is 0 Å². The fourth-order valence-electron chi connectivity index (χ4n) is 3.06. The smallest absolute Gasteiger partial charge is 0.241 e. The van der Waals surface area contributed by atoms with Crippen molar-refractivity contribution in [2.45, 2.75) is 31.6 Å². The normalized spacial score (nSPS) is 14.4. The molecule has 0 aliphatic carbocycles. The van der Waals surface area contributed by atoms with E-state index in [9.17, 15) is 13.2 Å². The topological polar surface area (TPSA) is 78.5 Å². The molecule has 7 heteroatoms. The van der Waals surface area contributed by atoms with Gasteiger partial charge in [-0.15, -0.1) is 0 Å². The van der Waals surface area contributed by atoms with Crippen molar-refractivity contribution >= 4 is 27.3 Å². The summed E-state index contributed by atoms with van der Waals surface area (Å²) >= 11 is 0. The Morgan fingerprint density at radius 3 is 2.30 bits per heavy atom. The van der Waals surface area contributed by atoms with Crippen molar-refractivity contribution in [3.05, 3.63) is 53.6 Å². The molecule has 0 atom stereocenters. The maximum Gasteiger partial charge on any atom is 0.241 e. The molecule has 0 bridgehead atoms. The van der Waals surface area contributed by atoms with E-state index in [1.54, 1.807) is 18.2 Å². The Morgan fingerprint density at radius 2 is 1.67 bits per heavy atom. The fourth-order valence-corrected chi connectivity index (χ4v) is 4.13. The Kier molecular flexibility index (Phi) is 5.82. The number of nitrogens with zero attached hydrogens (tertiary/aromatic N) is 1. The number of carbonyl (C=O) groups is 1. The number of aryl methyl sites for hydroxylation is 2. The van der Waals surface area contributed by atoms with Gasteiger partial charge in [-0.1, -0.05) is 6.07 Å². The van der Waals surface area contributed by atoms with Crippen LogP contribution in [0.1, 0.15) is 24.0 Å². The molecule has 144 valence electrons. The van der Waals surface area contributed by atoms with Gasteiger partial charge in [0.05, 0.1) is 11.4 Å². The lowest BCUT2D eigenvalue weighted by atomic mass is 10.1. The van der Waals surface area contributed by atoms with Crippen LogP contribution >= 0.6 is 0 Å². The van der Waals surface area contributed by atoms with E-state index in [2.05, 4.69) is 14.9 Å². The molecular formula is C20H25N3O3S. The predicted molar refractivity (Wildman–Crippen MR) is 108 cm³/mol. The monoisotopic (exact) mass is 387 g/mol. The molecule has 2 aromatic rings. The van der Waals surface area contributed by atoms with Gasteiger partial charge < -0.3 is 10.2 Å². The maximum absolute atomic E-state index is 12.3. The van der Waals surface area contributed by atoms with Gasteiger partial charge >= 0.3 is 0 Å².